The highest BCUT2D eigenvalue weighted by Gasteiger charge is 2.21. The van der Waals surface area contributed by atoms with Crippen LogP contribution in [0.4, 0.5) is 0 Å². The number of carboxylic acid groups (broad SMARTS) is 1. The molecule has 0 aliphatic rings. The average molecular weight is 266 g/mol. The minimum absolute atomic E-state index is 0.00339. The van der Waals surface area contributed by atoms with Crippen LogP contribution in [0.1, 0.15) is 16.2 Å². The number of aryl methyl sites for hydroxylation is 1. The minimum atomic E-state index is -1.21. The van der Waals surface area contributed by atoms with Crippen molar-refractivity contribution in [3.05, 3.63) is 21.8 Å². The lowest BCUT2D eigenvalue weighted by atomic mass is 10.2. The lowest BCUT2D eigenvalue weighted by molar-refractivity contribution is 0.0689. The predicted octanol–water partition coefficient (Wildman–Crippen LogP) is -0.0473. The standard InChI is InChI=1S/C11H14N4O4/c1-6-7-8(13-19-6)10(16)15(5-4-14(2)3)12-9(7)11(17)18/h4-5H2,1-3H3,(H,17,18). The Morgan fingerprint density at radius 2 is 2.16 bits per heavy atom. The van der Waals surface area contributed by atoms with Gasteiger partial charge in [-0.1, -0.05) is 5.16 Å². The van der Waals surface area contributed by atoms with Gasteiger partial charge in [-0.2, -0.15) is 5.10 Å². The molecule has 0 unspecified atom stereocenters. The van der Waals surface area contributed by atoms with Gasteiger partial charge in [-0.05, 0) is 21.0 Å². The molecular formula is C11H14N4O4. The third kappa shape index (κ3) is 2.34. The van der Waals surface area contributed by atoms with Crippen molar-refractivity contribution in [2.45, 2.75) is 13.5 Å². The molecule has 2 heterocycles. The maximum Gasteiger partial charge on any atom is 0.357 e. The summed E-state index contributed by atoms with van der Waals surface area (Å²) in [7, 11) is 3.70. The zero-order valence-electron chi connectivity index (χ0n) is 10.9. The summed E-state index contributed by atoms with van der Waals surface area (Å²) in [6.07, 6.45) is 0. The molecule has 8 nitrogen and oxygen atoms in total. The van der Waals surface area contributed by atoms with Gasteiger partial charge in [0.15, 0.2) is 11.2 Å². The summed E-state index contributed by atoms with van der Waals surface area (Å²) in [6.45, 7) is 2.40. The van der Waals surface area contributed by atoms with Crippen LogP contribution in [0.15, 0.2) is 9.32 Å². The Bertz CT molecular complexity index is 686. The number of aromatic nitrogens is 3. The van der Waals surface area contributed by atoms with Crippen molar-refractivity contribution >= 4 is 16.9 Å². The van der Waals surface area contributed by atoms with Gasteiger partial charge in [0, 0.05) is 6.54 Å². The molecular weight excluding hydrogens is 252 g/mol. The molecule has 2 rings (SSSR count). The Morgan fingerprint density at radius 3 is 2.74 bits per heavy atom. The van der Waals surface area contributed by atoms with E-state index in [1.807, 2.05) is 19.0 Å². The first kappa shape index (κ1) is 13.2. The summed E-state index contributed by atoms with van der Waals surface area (Å²) >= 11 is 0. The van der Waals surface area contributed by atoms with E-state index in [1.165, 1.54) is 0 Å². The number of carboxylic acids is 1. The van der Waals surface area contributed by atoms with Crippen LogP contribution in [0.25, 0.3) is 10.9 Å². The average Bonchev–Trinajstić information content (AvgIpc) is 2.71. The Hall–Kier alpha value is -2.22. The fourth-order valence-corrected chi connectivity index (χ4v) is 1.73. The van der Waals surface area contributed by atoms with Crippen LogP contribution >= 0.6 is 0 Å². The molecule has 0 spiro atoms. The van der Waals surface area contributed by atoms with Crippen molar-refractivity contribution in [2.24, 2.45) is 0 Å². The summed E-state index contributed by atoms with van der Waals surface area (Å²) in [5, 5.41) is 16.8. The molecule has 0 atom stereocenters. The first-order valence-electron chi connectivity index (χ1n) is 5.67. The third-order valence-corrected chi connectivity index (χ3v) is 2.72. The number of rotatable bonds is 4. The molecule has 0 radical (unpaired) electrons. The lowest BCUT2D eigenvalue weighted by Gasteiger charge is -2.10. The van der Waals surface area contributed by atoms with Gasteiger partial charge in [-0.25, -0.2) is 9.48 Å². The number of hydrogen-bond acceptors (Lipinski definition) is 6. The number of nitrogens with zero attached hydrogens (tertiary/aromatic N) is 4. The molecule has 0 fully saturated rings. The van der Waals surface area contributed by atoms with Gasteiger partial charge >= 0.3 is 5.97 Å². The Balaban J connectivity index is 2.64. The number of likely N-dealkylation sites (N-methyl/N-ethyl adjacent to an activating group) is 1. The van der Waals surface area contributed by atoms with Crippen molar-refractivity contribution in [3.8, 4) is 0 Å². The van der Waals surface area contributed by atoms with Gasteiger partial charge in [-0.15, -0.1) is 0 Å². The van der Waals surface area contributed by atoms with Crippen LogP contribution in [0, 0.1) is 6.92 Å². The maximum atomic E-state index is 12.1. The topological polar surface area (TPSA) is 101 Å². The number of carbonyl (C=O) groups is 1. The minimum Gasteiger partial charge on any atom is -0.476 e. The van der Waals surface area contributed by atoms with Gasteiger partial charge in [0.1, 0.15) is 5.76 Å². The Labute approximate surface area is 108 Å². The summed E-state index contributed by atoms with van der Waals surface area (Å²) in [6, 6.07) is 0. The van der Waals surface area contributed by atoms with E-state index in [0.29, 0.717) is 6.54 Å². The SMILES string of the molecule is Cc1onc2c(=O)n(CCN(C)C)nc(C(=O)O)c12. The van der Waals surface area contributed by atoms with E-state index in [4.69, 9.17) is 9.63 Å². The van der Waals surface area contributed by atoms with Gasteiger partial charge in [0.25, 0.3) is 5.56 Å². The van der Waals surface area contributed by atoms with E-state index in [1.54, 1.807) is 6.92 Å². The normalized spacial score (nSPS) is 11.4. The van der Waals surface area contributed by atoms with Gasteiger partial charge in [0.2, 0.25) is 0 Å². The van der Waals surface area contributed by atoms with Crippen LogP contribution < -0.4 is 5.56 Å². The first-order chi connectivity index (χ1) is 8.91. The number of hydrogen-bond donors (Lipinski definition) is 1. The van der Waals surface area contributed by atoms with Crippen LogP contribution in [0.5, 0.6) is 0 Å². The molecule has 0 aliphatic heterocycles. The van der Waals surface area contributed by atoms with Crippen molar-refractivity contribution in [1.29, 1.82) is 0 Å². The highest BCUT2D eigenvalue weighted by atomic mass is 16.5. The molecule has 2 aromatic rings. The van der Waals surface area contributed by atoms with E-state index in [-0.39, 0.29) is 28.9 Å². The second kappa shape index (κ2) is 4.81. The van der Waals surface area contributed by atoms with E-state index in [9.17, 15) is 9.59 Å². The van der Waals surface area contributed by atoms with Gasteiger partial charge in [0.05, 0.1) is 11.9 Å². The molecule has 0 saturated carbocycles. The highest BCUT2D eigenvalue weighted by molar-refractivity contribution is 6.00. The molecule has 0 bridgehead atoms. The largest absolute Gasteiger partial charge is 0.476 e. The lowest BCUT2D eigenvalue weighted by Crippen LogP contribution is -2.30. The zero-order chi connectivity index (χ0) is 14.2. The summed E-state index contributed by atoms with van der Waals surface area (Å²) in [5.74, 6) is -0.938. The smallest absolute Gasteiger partial charge is 0.357 e. The monoisotopic (exact) mass is 266 g/mol. The molecule has 2 aromatic heterocycles. The van der Waals surface area contributed by atoms with Crippen molar-refractivity contribution in [3.63, 3.8) is 0 Å². The predicted molar refractivity (Wildman–Crippen MR) is 66.3 cm³/mol. The number of aromatic carboxylic acids is 1. The van der Waals surface area contributed by atoms with Crippen LogP contribution in [0.2, 0.25) is 0 Å². The Morgan fingerprint density at radius 1 is 1.47 bits per heavy atom. The molecule has 8 heteroatoms. The van der Waals surface area contributed by atoms with Crippen molar-refractivity contribution in [1.82, 2.24) is 19.8 Å². The summed E-state index contributed by atoms with van der Waals surface area (Å²) in [4.78, 5) is 25.2. The molecule has 1 N–H and O–H groups in total. The molecule has 0 aromatic carbocycles. The molecule has 0 aliphatic carbocycles. The number of fused-ring (bicyclic) bond motifs is 1. The molecule has 102 valence electrons. The molecule has 0 saturated heterocycles. The van der Waals surface area contributed by atoms with E-state index in [2.05, 4.69) is 10.3 Å². The van der Waals surface area contributed by atoms with Gasteiger partial charge < -0.3 is 14.5 Å². The maximum absolute atomic E-state index is 12.1. The van der Waals surface area contributed by atoms with Crippen LogP contribution in [0.3, 0.4) is 0 Å². The van der Waals surface area contributed by atoms with Gasteiger partial charge in [-0.3, -0.25) is 4.79 Å². The molecule has 0 amide bonds. The summed E-state index contributed by atoms with van der Waals surface area (Å²) in [5.41, 5.74) is -0.658. The Kier molecular flexibility index (Phi) is 3.34. The molecule has 19 heavy (non-hydrogen) atoms. The van der Waals surface area contributed by atoms with Crippen LogP contribution in [-0.2, 0) is 6.54 Å². The first-order valence-corrected chi connectivity index (χ1v) is 5.67. The van der Waals surface area contributed by atoms with E-state index in [0.717, 1.165) is 4.68 Å². The van der Waals surface area contributed by atoms with Crippen molar-refractivity contribution < 1.29 is 14.4 Å². The second-order valence-electron chi connectivity index (χ2n) is 4.45. The summed E-state index contributed by atoms with van der Waals surface area (Å²) < 4.78 is 5.99. The third-order valence-electron chi connectivity index (χ3n) is 2.72. The quantitative estimate of drug-likeness (QED) is 0.827. The van der Waals surface area contributed by atoms with E-state index < -0.39 is 11.5 Å². The highest BCUT2D eigenvalue weighted by Crippen LogP contribution is 2.17. The zero-order valence-corrected chi connectivity index (χ0v) is 10.9. The van der Waals surface area contributed by atoms with Crippen LogP contribution in [-0.4, -0.2) is 51.6 Å². The van der Waals surface area contributed by atoms with Crippen molar-refractivity contribution in [2.75, 3.05) is 20.6 Å². The fourth-order valence-electron chi connectivity index (χ4n) is 1.73. The fraction of sp³-hybridized carbons (Fsp3) is 0.455. The second-order valence-corrected chi connectivity index (χ2v) is 4.45. The van der Waals surface area contributed by atoms with E-state index >= 15 is 0 Å².